The Morgan fingerprint density at radius 2 is 1.87 bits per heavy atom. The van der Waals surface area contributed by atoms with Gasteiger partial charge in [-0.05, 0) is 12.1 Å². The topological polar surface area (TPSA) is 59.4 Å². The van der Waals surface area contributed by atoms with Crippen LogP contribution in [0.3, 0.4) is 0 Å². The van der Waals surface area contributed by atoms with E-state index in [1.54, 1.807) is 0 Å². The number of rotatable bonds is 4. The van der Waals surface area contributed by atoms with Crippen LogP contribution in [0.25, 0.3) is 0 Å². The zero-order valence-corrected chi connectivity index (χ0v) is 14.5. The summed E-state index contributed by atoms with van der Waals surface area (Å²) in [7, 11) is 0. The number of carbonyl (C=O) groups is 1. The molecule has 0 saturated carbocycles. The molecule has 1 aromatic rings. The summed E-state index contributed by atoms with van der Waals surface area (Å²) in [4.78, 5) is 16.8. The maximum absolute atomic E-state index is 12.6. The van der Waals surface area contributed by atoms with Gasteiger partial charge in [0.05, 0.1) is 18.3 Å². The zero-order valence-electron chi connectivity index (χ0n) is 12.9. The van der Waals surface area contributed by atoms with Crippen molar-refractivity contribution in [3.05, 3.63) is 30.3 Å². The van der Waals surface area contributed by atoms with Crippen LogP contribution >= 0.6 is 15.9 Å². The van der Waals surface area contributed by atoms with Crippen LogP contribution in [0.5, 0.6) is 0 Å². The third kappa shape index (κ3) is 3.63. The second-order valence-electron chi connectivity index (χ2n) is 5.74. The molecule has 2 aliphatic heterocycles. The van der Waals surface area contributed by atoms with Gasteiger partial charge in [0, 0.05) is 38.9 Å². The Hall–Kier alpha value is -1.28. The fraction of sp³-hybridized carbons (Fsp3) is 0.500. The number of anilines is 1. The zero-order chi connectivity index (χ0) is 16.2. The summed E-state index contributed by atoms with van der Waals surface area (Å²) in [6.45, 7) is 4.46. The van der Waals surface area contributed by atoms with Crippen LogP contribution in [0.4, 0.5) is 5.69 Å². The molecular weight excluding hydrogens is 360 g/mol. The third-order valence-electron chi connectivity index (χ3n) is 4.32. The van der Waals surface area contributed by atoms with Gasteiger partial charge in [0.1, 0.15) is 4.83 Å². The van der Waals surface area contributed by atoms with Gasteiger partial charge >= 0.3 is 0 Å². The molecule has 1 saturated heterocycles. The molecule has 0 bridgehead atoms. The van der Waals surface area contributed by atoms with E-state index in [0.717, 1.165) is 31.9 Å². The molecule has 7 heteroatoms. The lowest BCUT2D eigenvalue weighted by molar-refractivity contribution is -0.119. The van der Waals surface area contributed by atoms with Gasteiger partial charge in [-0.3, -0.25) is 14.6 Å². The van der Waals surface area contributed by atoms with Crippen LogP contribution in [-0.2, 0) is 4.79 Å². The molecule has 2 aliphatic rings. The summed E-state index contributed by atoms with van der Waals surface area (Å²) < 4.78 is 0. The van der Waals surface area contributed by atoms with E-state index < -0.39 is 0 Å². The Bertz CT molecular complexity index is 560. The molecule has 0 radical (unpaired) electrons. The lowest BCUT2D eigenvalue weighted by Crippen LogP contribution is -2.58. The number of alkyl halides is 1. The summed E-state index contributed by atoms with van der Waals surface area (Å²) >= 11 is 3.56. The highest BCUT2D eigenvalue weighted by atomic mass is 79.9. The van der Waals surface area contributed by atoms with Gasteiger partial charge in [-0.2, -0.15) is 5.10 Å². The van der Waals surface area contributed by atoms with Crippen molar-refractivity contribution in [2.24, 2.45) is 5.10 Å². The quantitative estimate of drug-likeness (QED) is 0.783. The molecule has 2 atom stereocenters. The Kier molecular flexibility index (Phi) is 5.42. The number of hydrazone groups is 1. The largest absolute Gasteiger partial charge is 0.395 e. The first-order valence-electron chi connectivity index (χ1n) is 7.85. The number of benzene rings is 1. The highest BCUT2D eigenvalue weighted by molar-refractivity contribution is 9.10. The van der Waals surface area contributed by atoms with E-state index in [2.05, 4.69) is 30.8 Å². The average molecular weight is 381 g/mol. The summed E-state index contributed by atoms with van der Waals surface area (Å²) in [5.41, 5.74) is 0.782. The highest BCUT2D eigenvalue weighted by Crippen LogP contribution is 2.24. The minimum atomic E-state index is -0.301. The van der Waals surface area contributed by atoms with Crippen molar-refractivity contribution >= 4 is 33.7 Å². The third-order valence-corrected chi connectivity index (χ3v) is 5.26. The molecule has 124 valence electrons. The van der Waals surface area contributed by atoms with Crippen molar-refractivity contribution < 1.29 is 9.90 Å². The minimum Gasteiger partial charge on any atom is -0.395 e. The predicted molar refractivity (Wildman–Crippen MR) is 94.0 cm³/mol. The van der Waals surface area contributed by atoms with Crippen molar-refractivity contribution in [1.82, 2.24) is 9.80 Å². The number of β-amino-alcohol motifs (C(OH)–C–C–N with tert-alkyl or cyclic N) is 1. The van der Waals surface area contributed by atoms with Crippen molar-refractivity contribution in [1.29, 1.82) is 0 Å². The van der Waals surface area contributed by atoms with Gasteiger partial charge in [0.2, 0.25) is 0 Å². The van der Waals surface area contributed by atoms with Gasteiger partial charge in [-0.1, -0.05) is 34.1 Å². The number of amides is 1. The number of aliphatic hydroxyl groups is 1. The minimum absolute atomic E-state index is 0.0289. The summed E-state index contributed by atoms with van der Waals surface area (Å²) in [5.74, 6) is -0.0403. The van der Waals surface area contributed by atoms with E-state index in [0.29, 0.717) is 6.54 Å². The van der Waals surface area contributed by atoms with Gasteiger partial charge in [0.15, 0.2) is 0 Å². The van der Waals surface area contributed by atoms with Crippen LogP contribution < -0.4 is 5.01 Å². The molecule has 1 N–H and O–H groups in total. The van der Waals surface area contributed by atoms with Crippen molar-refractivity contribution in [2.45, 2.75) is 10.9 Å². The summed E-state index contributed by atoms with van der Waals surface area (Å²) in [5, 5.41) is 14.8. The second-order valence-corrected chi connectivity index (χ2v) is 6.73. The van der Waals surface area contributed by atoms with E-state index in [1.165, 1.54) is 5.01 Å². The first-order valence-corrected chi connectivity index (χ1v) is 8.77. The SMILES string of the molecule is O=C1[C@H](Br)[C@H](N2CCN(CCO)CC2)C=NN1c1ccccc1. The molecule has 1 fully saturated rings. The van der Waals surface area contributed by atoms with E-state index in [4.69, 9.17) is 5.11 Å². The maximum Gasteiger partial charge on any atom is 0.263 e. The van der Waals surface area contributed by atoms with Gasteiger partial charge in [-0.15, -0.1) is 0 Å². The van der Waals surface area contributed by atoms with Crippen LogP contribution in [0.15, 0.2) is 35.4 Å². The van der Waals surface area contributed by atoms with Crippen molar-refractivity contribution in [3.8, 4) is 0 Å². The van der Waals surface area contributed by atoms with E-state index in [9.17, 15) is 4.79 Å². The first kappa shape index (κ1) is 16.6. The normalized spacial score (nSPS) is 26.7. The second kappa shape index (κ2) is 7.53. The lowest BCUT2D eigenvalue weighted by atomic mass is 10.1. The molecule has 0 aromatic heterocycles. The van der Waals surface area contributed by atoms with Crippen LogP contribution in [0.2, 0.25) is 0 Å². The maximum atomic E-state index is 12.6. The van der Waals surface area contributed by atoms with E-state index in [-0.39, 0.29) is 23.4 Å². The van der Waals surface area contributed by atoms with Crippen molar-refractivity contribution in [2.75, 3.05) is 44.3 Å². The van der Waals surface area contributed by atoms with Gasteiger partial charge in [0.25, 0.3) is 5.91 Å². The van der Waals surface area contributed by atoms with Crippen molar-refractivity contribution in [3.63, 3.8) is 0 Å². The number of hydrogen-bond donors (Lipinski definition) is 1. The van der Waals surface area contributed by atoms with Gasteiger partial charge < -0.3 is 5.11 Å². The predicted octanol–water partition coefficient (Wildman–Crippen LogP) is 0.761. The number of halogens is 1. The molecule has 0 aliphatic carbocycles. The standard InChI is InChI=1S/C16H21BrN4O2/c17-15-14(20-8-6-19(7-9-20)10-11-22)12-18-21(16(15)23)13-4-2-1-3-5-13/h1-5,12,14-15,22H,6-11H2/t14-,15-/m1/s1. The molecule has 2 heterocycles. The number of piperazine rings is 1. The molecular formula is C16H21BrN4O2. The van der Waals surface area contributed by atoms with E-state index in [1.807, 2.05) is 36.5 Å². The monoisotopic (exact) mass is 380 g/mol. The van der Waals surface area contributed by atoms with Crippen LogP contribution in [-0.4, -0.2) is 77.2 Å². The highest BCUT2D eigenvalue weighted by Gasteiger charge is 2.37. The summed E-state index contributed by atoms with van der Waals surface area (Å²) in [6.07, 6.45) is 1.86. The Labute approximate surface area is 144 Å². The molecule has 0 spiro atoms. The average Bonchev–Trinajstić information content (AvgIpc) is 2.59. The number of aliphatic hydroxyl groups excluding tert-OH is 1. The number of para-hydroxylation sites is 1. The fourth-order valence-electron chi connectivity index (χ4n) is 3.00. The molecule has 0 unspecified atom stereocenters. The number of carbonyl (C=O) groups excluding carboxylic acids is 1. The first-order chi connectivity index (χ1) is 11.2. The molecule has 1 amide bonds. The summed E-state index contributed by atoms with van der Waals surface area (Å²) in [6, 6.07) is 9.44. The molecule has 1 aromatic carbocycles. The fourth-order valence-corrected chi connectivity index (χ4v) is 3.66. The number of hydrogen-bond acceptors (Lipinski definition) is 5. The lowest BCUT2D eigenvalue weighted by Gasteiger charge is -2.41. The molecule has 23 heavy (non-hydrogen) atoms. The Balaban J connectivity index is 1.68. The molecule has 6 nitrogen and oxygen atoms in total. The smallest absolute Gasteiger partial charge is 0.263 e. The van der Waals surface area contributed by atoms with Crippen LogP contribution in [0.1, 0.15) is 0 Å². The van der Waals surface area contributed by atoms with Gasteiger partial charge in [-0.25, -0.2) is 5.01 Å². The van der Waals surface area contributed by atoms with Crippen LogP contribution in [0, 0.1) is 0 Å². The Morgan fingerprint density at radius 3 is 2.52 bits per heavy atom. The van der Waals surface area contributed by atoms with E-state index >= 15 is 0 Å². The Morgan fingerprint density at radius 1 is 1.17 bits per heavy atom. The number of nitrogens with zero attached hydrogens (tertiary/aromatic N) is 4. The molecule has 3 rings (SSSR count).